The third-order valence-electron chi connectivity index (χ3n) is 3.64. The average Bonchev–Trinajstić information content (AvgIpc) is 2.83. The molecule has 0 radical (unpaired) electrons. The van der Waals surface area contributed by atoms with Gasteiger partial charge >= 0.3 is 0 Å². The van der Waals surface area contributed by atoms with Crippen molar-refractivity contribution in [3.8, 4) is 12.1 Å². The van der Waals surface area contributed by atoms with Gasteiger partial charge in [-0.05, 0) is 35.6 Å². The van der Waals surface area contributed by atoms with Gasteiger partial charge in [0.25, 0.3) is 0 Å². The highest BCUT2D eigenvalue weighted by atomic mass is 32.2. The number of allylic oxidation sites excluding steroid dienone is 8. The van der Waals surface area contributed by atoms with E-state index in [1.807, 2.05) is 36.4 Å². The number of thioether (sulfide) groups is 1. The fourth-order valence-electron chi connectivity index (χ4n) is 2.58. The monoisotopic (exact) mass is 346 g/mol. The summed E-state index contributed by atoms with van der Waals surface area (Å²) in [7, 11) is 0. The van der Waals surface area contributed by atoms with E-state index >= 15 is 0 Å². The molecule has 1 aliphatic carbocycles. The minimum atomic E-state index is 0.146. The molecule has 0 bridgehead atoms. The first kappa shape index (κ1) is 18.8. The molecular formula is C22H22N2S. The lowest BCUT2D eigenvalue weighted by Gasteiger charge is -2.18. The molecule has 0 saturated carbocycles. The maximum atomic E-state index is 9.37. The third-order valence-corrected chi connectivity index (χ3v) is 4.76. The van der Waals surface area contributed by atoms with E-state index in [0.717, 1.165) is 11.1 Å². The van der Waals surface area contributed by atoms with Crippen molar-refractivity contribution in [3.63, 3.8) is 0 Å². The molecule has 0 aromatic heterocycles. The van der Waals surface area contributed by atoms with E-state index in [1.54, 1.807) is 11.8 Å². The summed E-state index contributed by atoms with van der Waals surface area (Å²) in [5.41, 5.74) is 1.93. The Hall–Kier alpha value is -2.49. The summed E-state index contributed by atoms with van der Waals surface area (Å²) in [5.74, 6) is 0.172. The maximum Gasteiger partial charge on any atom is 0.133 e. The maximum absolute atomic E-state index is 9.37. The highest BCUT2D eigenvalue weighted by Crippen LogP contribution is 2.34. The fraction of sp³-hybridized carbons (Fsp3) is 0.273. The summed E-state index contributed by atoms with van der Waals surface area (Å²) in [4.78, 5) is 1.18. The number of nitriles is 2. The smallest absolute Gasteiger partial charge is 0.133 e. The van der Waals surface area contributed by atoms with Gasteiger partial charge < -0.3 is 0 Å². The van der Waals surface area contributed by atoms with Gasteiger partial charge in [0.05, 0.1) is 0 Å². The largest absolute Gasteiger partial charge is 0.192 e. The molecule has 0 heterocycles. The molecule has 1 aliphatic rings. The zero-order chi connectivity index (χ0) is 18.3. The van der Waals surface area contributed by atoms with Gasteiger partial charge in [-0.3, -0.25) is 0 Å². The molecule has 2 rings (SSSR count). The predicted molar refractivity (Wildman–Crippen MR) is 106 cm³/mol. The van der Waals surface area contributed by atoms with Crippen LogP contribution in [-0.4, -0.2) is 4.75 Å². The highest BCUT2D eigenvalue weighted by Gasteiger charge is 2.15. The van der Waals surface area contributed by atoms with E-state index in [2.05, 4.69) is 57.2 Å². The zero-order valence-electron chi connectivity index (χ0n) is 14.9. The van der Waals surface area contributed by atoms with Gasteiger partial charge in [-0.15, -0.1) is 11.8 Å². The minimum absolute atomic E-state index is 0.146. The van der Waals surface area contributed by atoms with Gasteiger partial charge in [-0.25, -0.2) is 0 Å². The molecule has 0 spiro atoms. The van der Waals surface area contributed by atoms with E-state index in [-0.39, 0.29) is 16.2 Å². The Balaban J connectivity index is 2.33. The Bertz CT molecular complexity index is 772. The molecule has 126 valence electrons. The molecule has 0 N–H and O–H groups in total. The molecular weight excluding hydrogens is 324 g/mol. The molecule has 0 unspecified atom stereocenters. The Labute approximate surface area is 154 Å². The number of hydrogen-bond acceptors (Lipinski definition) is 3. The van der Waals surface area contributed by atoms with E-state index in [1.165, 1.54) is 4.90 Å². The Morgan fingerprint density at radius 1 is 0.960 bits per heavy atom. The van der Waals surface area contributed by atoms with Crippen molar-refractivity contribution in [2.45, 2.75) is 36.8 Å². The van der Waals surface area contributed by atoms with E-state index in [0.29, 0.717) is 6.42 Å². The summed E-state index contributed by atoms with van der Waals surface area (Å²) in [6.45, 7) is 6.54. The van der Waals surface area contributed by atoms with Crippen LogP contribution in [0.4, 0.5) is 0 Å². The van der Waals surface area contributed by atoms with Crippen LogP contribution in [0.1, 0.15) is 32.8 Å². The van der Waals surface area contributed by atoms with Crippen LogP contribution in [0.5, 0.6) is 0 Å². The van der Waals surface area contributed by atoms with Crippen molar-refractivity contribution in [2.75, 3.05) is 0 Å². The molecule has 0 fully saturated rings. The van der Waals surface area contributed by atoms with Gasteiger partial charge in [0.1, 0.15) is 17.7 Å². The van der Waals surface area contributed by atoms with Crippen molar-refractivity contribution in [1.82, 2.24) is 0 Å². The van der Waals surface area contributed by atoms with E-state index in [9.17, 15) is 10.5 Å². The first-order valence-corrected chi connectivity index (χ1v) is 9.09. The Morgan fingerprint density at radius 2 is 1.52 bits per heavy atom. The Kier molecular flexibility index (Phi) is 6.45. The van der Waals surface area contributed by atoms with Crippen LogP contribution in [0.2, 0.25) is 0 Å². The van der Waals surface area contributed by atoms with Crippen LogP contribution in [0.25, 0.3) is 5.57 Å². The number of benzene rings is 1. The van der Waals surface area contributed by atoms with Gasteiger partial charge in [-0.1, -0.05) is 69.4 Å². The minimum Gasteiger partial charge on any atom is -0.192 e. The van der Waals surface area contributed by atoms with E-state index < -0.39 is 0 Å². The second-order valence-corrected chi connectivity index (χ2v) is 8.74. The standard InChI is InChI=1S/C22H22N2S/c1-22(2,3)25-20-12-10-18(11-13-20)21(19(15-23)16-24)14-17-8-6-4-5-7-9-17/h4-13,17H,14H2,1-3H3. The molecule has 0 atom stereocenters. The molecule has 25 heavy (non-hydrogen) atoms. The zero-order valence-corrected chi connectivity index (χ0v) is 15.7. The summed E-state index contributed by atoms with van der Waals surface area (Å²) in [5, 5.41) is 18.7. The topological polar surface area (TPSA) is 47.6 Å². The van der Waals surface area contributed by atoms with Gasteiger partial charge in [0.2, 0.25) is 0 Å². The second kappa shape index (κ2) is 8.56. The van der Waals surface area contributed by atoms with Gasteiger partial charge in [0, 0.05) is 9.64 Å². The first-order valence-electron chi connectivity index (χ1n) is 8.27. The number of hydrogen-bond donors (Lipinski definition) is 0. The summed E-state index contributed by atoms with van der Waals surface area (Å²) < 4.78 is 0.146. The van der Waals surface area contributed by atoms with E-state index in [4.69, 9.17) is 0 Å². The summed E-state index contributed by atoms with van der Waals surface area (Å²) in [6.07, 6.45) is 12.8. The SMILES string of the molecule is CC(C)(C)Sc1ccc(C(CC2C=CC=CC=C2)=C(C#N)C#N)cc1. The molecule has 2 nitrogen and oxygen atoms in total. The van der Waals surface area contributed by atoms with Crippen molar-refractivity contribution in [1.29, 1.82) is 10.5 Å². The van der Waals surface area contributed by atoms with Crippen LogP contribution in [-0.2, 0) is 0 Å². The fourth-order valence-corrected chi connectivity index (χ4v) is 3.56. The van der Waals surface area contributed by atoms with Crippen LogP contribution in [0.15, 0.2) is 71.2 Å². The van der Waals surface area contributed by atoms with Crippen LogP contribution < -0.4 is 0 Å². The highest BCUT2D eigenvalue weighted by molar-refractivity contribution is 8.00. The van der Waals surface area contributed by atoms with Crippen LogP contribution in [0.3, 0.4) is 0 Å². The third kappa shape index (κ3) is 5.82. The van der Waals surface area contributed by atoms with Crippen LogP contribution >= 0.6 is 11.8 Å². The number of rotatable bonds is 4. The first-order chi connectivity index (χ1) is 11.9. The predicted octanol–water partition coefficient (Wildman–Crippen LogP) is 6.07. The van der Waals surface area contributed by atoms with Crippen molar-refractivity contribution in [3.05, 3.63) is 71.9 Å². The molecule has 1 aromatic rings. The molecule has 0 amide bonds. The number of nitrogens with zero attached hydrogens (tertiary/aromatic N) is 2. The summed E-state index contributed by atoms with van der Waals surface area (Å²) >= 11 is 1.80. The Morgan fingerprint density at radius 3 is 2.00 bits per heavy atom. The normalized spacial score (nSPS) is 13.8. The molecule has 1 aromatic carbocycles. The quantitative estimate of drug-likeness (QED) is 0.491. The second-order valence-electron chi connectivity index (χ2n) is 6.84. The molecule has 3 heteroatoms. The summed E-state index contributed by atoms with van der Waals surface area (Å²) in [6, 6.07) is 12.3. The van der Waals surface area contributed by atoms with Gasteiger partial charge in [0.15, 0.2) is 0 Å². The molecule has 0 aliphatic heterocycles. The lowest BCUT2D eigenvalue weighted by Crippen LogP contribution is -2.06. The van der Waals surface area contributed by atoms with Crippen molar-refractivity contribution >= 4 is 17.3 Å². The van der Waals surface area contributed by atoms with Crippen molar-refractivity contribution in [2.24, 2.45) is 5.92 Å². The molecule has 0 saturated heterocycles. The van der Waals surface area contributed by atoms with Gasteiger partial charge in [-0.2, -0.15) is 10.5 Å². The average molecular weight is 346 g/mol. The lowest BCUT2D eigenvalue weighted by molar-refractivity contribution is 0.803. The van der Waals surface area contributed by atoms with Crippen molar-refractivity contribution < 1.29 is 0 Å². The lowest BCUT2D eigenvalue weighted by atomic mass is 9.90. The van der Waals surface area contributed by atoms with Crippen LogP contribution in [0, 0.1) is 28.6 Å².